The Morgan fingerprint density at radius 2 is 1.97 bits per heavy atom. The van der Waals surface area contributed by atoms with Gasteiger partial charge < -0.3 is 14.6 Å². The van der Waals surface area contributed by atoms with E-state index in [0.29, 0.717) is 36.8 Å². The first kappa shape index (κ1) is 22.2. The van der Waals surface area contributed by atoms with E-state index >= 15 is 0 Å². The topological polar surface area (TPSA) is 56.1 Å². The number of imidazole rings is 1. The van der Waals surface area contributed by atoms with Crippen LogP contribution in [0.4, 0.5) is 13.2 Å². The Labute approximate surface area is 176 Å². The predicted molar refractivity (Wildman–Crippen MR) is 111 cm³/mol. The number of nitrogens with one attached hydrogen (secondary N) is 1. The van der Waals surface area contributed by atoms with Gasteiger partial charge in [-0.05, 0) is 30.2 Å². The number of rotatable bonds is 9. The van der Waals surface area contributed by atoms with E-state index in [1.165, 1.54) is 17.8 Å². The molecule has 0 spiro atoms. The van der Waals surface area contributed by atoms with E-state index in [4.69, 9.17) is 4.74 Å². The smallest absolute Gasteiger partial charge is 0.385 e. The number of carbonyl (C=O) groups excluding carboxylic acids is 1. The van der Waals surface area contributed by atoms with Gasteiger partial charge in [-0.2, -0.15) is 13.2 Å². The van der Waals surface area contributed by atoms with E-state index in [9.17, 15) is 18.0 Å². The minimum Gasteiger partial charge on any atom is -0.385 e. The Balaban J connectivity index is 1.83. The number of ether oxygens (including phenoxy) is 1. The van der Waals surface area contributed by atoms with Crippen LogP contribution in [-0.4, -0.2) is 41.5 Å². The van der Waals surface area contributed by atoms with Crippen LogP contribution in [0.5, 0.6) is 0 Å². The third-order valence-corrected chi connectivity index (χ3v) is 5.38. The summed E-state index contributed by atoms with van der Waals surface area (Å²) in [5.41, 5.74) is 1.09. The summed E-state index contributed by atoms with van der Waals surface area (Å²) in [6.45, 7) is 1.50. The van der Waals surface area contributed by atoms with Gasteiger partial charge in [0.25, 0.3) is 0 Å². The third-order valence-electron chi connectivity index (χ3n) is 4.40. The standard InChI is InChI=1S/C21H22F3N3O2S/c1-29-11-5-10-25-19(28)14-30-20-26-17-12-16(21(22,23)24)8-9-18(17)27(20)13-15-6-3-2-4-7-15/h2-4,6-9,12H,5,10-11,13-14H2,1H3,(H,25,28). The molecule has 0 bridgehead atoms. The molecule has 0 aliphatic rings. The predicted octanol–water partition coefficient (Wildman–Crippen LogP) is 4.35. The Morgan fingerprint density at radius 3 is 2.67 bits per heavy atom. The molecule has 1 N–H and O–H groups in total. The summed E-state index contributed by atoms with van der Waals surface area (Å²) in [6, 6.07) is 13.1. The summed E-state index contributed by atoms with van der Waals surface area (Å²) < 4.78 is 46.1. The monoisotopic (exact) mass is 437 g/mol. The van der Waals surface area contributed by atoms with Crippen molar-refractivity contribution in [2.45, 2.75) is 24.3 Å². The molecule has 0 saturated carbocycles. The van der Waals surface area contributed by atoms with Gasteiger partial charge in [0.2, 0.25) is 5.91 Å². The SMILES string of the molecule is COCCCNC(=O)CSc1nc2cc(C(F)(F)F)ccc2n1Cc1ccccc1. The molecule has 9 heteroatoms. The summed E-state index contributed by atoms with van der Waals surface area (Å²) in [7, 11) is 1.60. The average molecular weight is 437 g/mol. The van der Waals surface area contributed by atoms with Crippen molar-refractivity contribution in [1.82, 2.24) is 14.9 Å². The number of thioether (sulfide) groups is 1. The maximum atomic E-state index is 13.1. The molecule has 0 radical (unpaired) electrons. The Kier molecular flexibility index (Phi) is 7.38. The largest absolute Gasteiger partial charge is 0.416 e. The molecular formula is C21H22F3N3O2S. The van der Waals surface area contributed by atoms with Gasteiger partial charge in [-0.25, -0.2) is 4.98 Å². The lowest BCUT2D eigenvalue weighted by atomic mass is 10.2. The molecule has 160 valence electrons. The number of hydrogen-bond acceptors (Lipinski definition) is 4. The fourth-order valence-electron chi connectivity index (χ4n) is 2.94. The molecule has 5 nitrogen and oxygen atoms in total. The fraction of sp³-hybridized carbons (Fsp3) is 0.333. The molecule has 0 saturated heterocycles. The first-order valence-corrected chi connectivity index (χ1v) is 10.4. The normalized spacial score (nSPS) is 11.7. The zero-order valence-corrected chi connectivity index (χ0v) is 17.2. The molecule has 1 aromatic heterocycles. The van der Waals surface area contributed by atoms with E-state index in [-0.39, 0.29) is 17.2 Å². The maximum absolute atomic E-state index is 13.1. The lowest BCUT2D eigenvalue weighted by molar-refractivity contribution is -0.137. The maximum Gasteiger partial charge on any atom is 0.416 e. The van der Waals surface area contributed by atoms with Crippen molar-refractivity contribution in [1.29, 1.82) is 0 Å². The Bertz CT molecular complexity index is 990. The van der Waals surface area contributed by atoms with Crippen LogP contribution in [0.3, 0.4) is 0 Å². The van der Waals surface area contributed by atoms with Gasteiger partial charge in [0.15, 0.2) is 5.16 Å². The molecule has 0 unspecified atom stereocenters. The molecule has 2 aromatic carbocycles. The minimum absolute atomic E-state index is 0.122. The molecule has 0 aliphatic carbocycles. The Hall–Kier alpha value is -2.52. The van der Waals surface area contributed by atoms with Crippen LogP contribution in [0.2, 0.25) is 0 Å². The number of benzene rings is 2. The number of hydrogen-bond donors (Lipinski definition) is 1. The second kappa shape index (κ2) is 9.99. The number of halogens is 3. The molecule has 3 rings (SSSR count). The number of amides is 1. The summed E-state index contributed by atoms with van der Waals surface area (Å²) in [5, 5.41) is 3.29. The number of nitrogens with zero attached hydrogens (tertiary/aromatic N) is 2. The van der Waals surface area contributed by atoms with E-state index in [2.05, 4.69) is 10.3 Å². The molecule has 0 aliphatic heterocycles. The van der Waals surface area contributed by atoms with Crippen LogP contribution in [-0.2, 0) is 22.3 Å². The Morgan fingerprint density at radius 1 is 1.20 bits per heavy atom. The number of methoxy groups -OCH3 is 1. The quantitative estimate of drug-likeness (QED) is 0.400. The molecular weight excluding hydrogens is 415 g/mol. The first-order valence-electron chi connectivity index (χ1n) is 9.38. The van der Waals surface area contributed by atoms with Crippen LogP contribution >= 0.6 is 11.8 Å². The highest BCUT2D eigenvalue weighted by Gasteiger charge is 2.31. The van der Waals surface area contributed by atoms with E-state index in [0.717, 1.165) is 17.7 Å². The lowest BCUT2D eigenvalue weighted by Crippen LogP contribution is -2.27. The van der Waals surface area contributed by atoms with Crippen molar-refractivity contribution in [3.8, 4) is 0 Å². The van der Waals surface area contributed by atoms with Gasteiger partial charge in [-0.15, -0.1) is 0 Å². The minimum atomic E-state index is -4.44. The lowest BCUT2D eigenvalue weighted by Gasteiger charge is -2.10. The van der Waals surface area contributed by atoms with Crippen LogP contribution in [0.25, 0.3) is 11.0 Å². The highest BCUT2D eigenvalue weighted by atomic mass is 32.2. The zero-order chi connectivity index (χ0) is 21.6. The van der Waals surface area contributed by atoms with Gasteiger partial charge in [0, 0.05) is 20.3 Å². The first-order chi connectivity index (χ1) is 14.4. The molecule has 0 atom stereocenters. The van der Waals surface area contributed by atoms with Crippen molar-refractivity contribution in [2.24, 2.45) is 0 Å². The highest BCUT2D eigenvalue weighted by Crippen LogP contribution is 2.33. The molecule has 30 heavy (non-hydrogen) atoms. The van der Waals surface area contributed by atoms with Crippen LogP contribution in [0.1, 0.15) is 17.5 Å². The fourth-order valence-corrected chi connectivity index (χ4v) is 3.78. The second-order valence-corrected chi connectivity index (χ2v) is 7.59. The van der Waals surface area contributed by atoms with E-state index in [1.807, 2.05) is 34.9 Å². The second-order valence-electron chi connectivity index (χ2n) is 6.65. The average Bonchev–Trinajstić information content (AvgIpc) is 3.06. The summed E-state index contributed by atoms with van der Waals surface area (Å²) >= 11 is 1.20. The van der Waals surface area contributed by atoms with Gasteiger partial charge in [-0.1, -0.05) is 42.1 Å². The molecule has 1 amide bonds. The number of fused-ring (bicyclic) bond motifs is 1. The van der Waals surface area contributed by atoms with E-state index < -0.39 is 11.7 Å². The summed E-state index contributed by atoms with van der Waals surface area (Å²) in [4.78, 5) is 16.5. The number of carbonyl (C=O) groups is 1. The molecule has 1 heterocycles. The van der Waals surface area contributed by atoms with Crippen molar-refractivity contribution < 1.29 is 22.7 Å². The summed E-state index contributed by atoms with van der Waals surface area (Å²) in [6.07, 6.45) is -3.73. The molecule has 0 fully saturated rings. The van der Waals surface area contributed by atoms with E-state index in [1.54, 1.807) is 7.11 Å². The number of alkyl halides is 3. The van der Waals surface area contributed by atoms with Gasteiger partial charge >= 0.3 is 6.18 Å². The highest BCUT2D eigenvalue weighted by molar-refractivity contribution is 7.99. The van der Waals surface area contributed by atoms with Crippen LogP contribution in [0, 0.1) is 0 Å². The van der Waals surface area contributed by atoms with Gasteiger partial charge in [0.1, 0.15) is 0 Å². The van der Waals surface area contributed by atoms with Gasteiger partial charge in [0.05, 0.1) is 28.9 Å². The van der Waals surface area contributed by atoms with Gasteiger partial charge in [-0.3, -0.25) is 4.79 Å². The summed E-state index contributed by atoms with van der Waals surface area (Å²) in [5.74, 6) is -0.0394. The van der Waals surface area contributed by atoms with Crippen LogP contribution in [0.15, 0.2) is 53.7 Å². The van der Waals surface area contributed by atoms with Crippen LogP contribution < -0.4 is 5.32 Å². The van der Waals surface area contributed by atoms with Crippen molar-refractivity contribution in [3.05, 3.63) is 59.7 Å². The van der Waals surface area contributed by atoms with Crippen molar-refractivity contribution in [3.63, 3.8) is 0 Å². The zero-order valence-electron chi connectivity index (χ0n) is 16.4. The third kappa shape index (κ3) is 5.76. The van der Waals surface area contributed by atoms with Crippen molar-refractivity contribution >= 4 is 28.7 Å². The molecule has 3 aromatic rings. The number of aromatic nitrogens is 2. The van der Waals surface area contributed by atoms with Crippen molar-refractivity contribution in [2.75, 3.05) is 26.0 Å².